The molecule has 0 unspecified atom stereocenters. The molecule has 20 heavy (non-hydrogen) atoms. The van der Waals surface area contributed by atoms with Crippen LogP contribution in [0.15, 0.2) is 23.1 Å². The predicted molar refractivity (Wildman–Crippen MR) is 80.4 cm³/mol. The van der Waals surface area contributed by atoms with Crippen molar-refractivity contribution in [2.45, 2.75) is 32.1 Å². The van der Waals surface area contributed by atoms with E-state index in [1.54, 1.807) is 25.3 Å². The van der Waals surface area contributed by atoms with Crippen LogP contribution in [0.5, 0.6) is 5.75 Å². The van der Waals surface area contributed by atoms with Crippen molar-refractivity contribution < 1.29 is 13.2 Å². The summed E-state index contributed by atoms with van der Waals surface area (Å²) in [6, 6.07) is 4.93. The van der Waals surface area contributed by atoms with E-state index in [0.717, 1.165) is 0 Å². The summed E-state index contributed by atoms with van der Waals surface area (Å²) in [7, 11) is -1.98. The van der Waals surface area contributed by atoms with Gasteiger partial charge in [0.25, 0.3) is 0 Å². The Morgan fingerprint density at radius 3 is 2.45 bits per heavy atom. The molecule has 1 aromatic carbocycles. The molecule has 0 fully saturated rings. The van der Waals surface area contributed by atoms with Gasteiger partial charge in [-0.25, -0.2) is 13.1 Å². The van der Waals surface area contributed by atoms with Gasteiger partial charge in [0.1, 0.15) is 5.75 Å². The van der Waals surface area contributed by atoms with Gasteiger partial charge < -0.3 is 10.5 Å². The smallest absolute Gasteiger partial charge is 0.240 e. The molecular formula is C14H24N2O3S. The third-order valence-electron chi connectivity index (χ3n) is 2.76. The monoisotopic (exact) mass is 300 g/mol. The fourth-order valence-electron chi connectivity index (χ4n) is 1.69. The largest absolute Gasteiger partial charge is 0.497 e. The Bertz CT molecular complexity index is 548. The van der Waals surface area contributed by atoms with Crippen molar-refractivity contribution in [1.82, 2.24) is 4.72 Å². The molecule has 0 aliphatic carbocycles. The summed E-state index contributed by atoms with van der Waals surface area (Å²) in [6.45, 7) is 6.69. The summed E-state index contributed by atoms with van der Waals surface area (Å²) in [5.41, 5.74) is 6.11. The van der Waals surface area contributed by atoms with Gasteiger partial charge in [0.2, 0.25) is 10.0 Å². The molecule has 0 atom stereocenters. The fourth-order valence-corrected chi connectivity index (χ4v) is 3.22. The summed E-state index contributed by atoms with van der Waals surface area (Å²) in [5, 5.41) is 0. The summed E-state index contributed by atoms with van der Waals surface area (Å²) in [6.07, 6.45) is 0.489. The van der Waals surface area contributed by atoms with Crippen LogP contribution in [0.3, 0.4) is 0 Å². The number of rotatable bonds is 6. The van der Waals surface area contributed by atoms with Gasteiger partial charge in [-0.3, -0.25) is 0 Å². The molecule has 6 heteroatoms. The van der Waals surface area contributed by atoms with E-state index in [-0.39, 0.29) is 10.3 Å². The normalized spacial score (nSPS) is 12.4. The van der Waals surface area contributed by atoms with Crippen molar-refractivity contribution in [1.29, 1.82) is 0 Å². The summed E-state index contributed by atoms with van der Waals surface area (Å²) in [4.78, 5) is 0.271. The molecule has 1 rings (SSSR count). The maximum atomic E-state index is 12.4. The van der Waals surface area contributed by atoms with E-state index in [9.17, 15) is 8.42 Å². The lowest BCUT2D eigenvalue weighted by atomic mass is 9.98. The summed E-state index contributed by atoms with van der Waals surface area (Å²) in [5.74, 6) is 0.628. The van der Waals surface area contributed by atoms with E-state index in [1.807, 2.05) is 20.8 Å². The molecule has 0 heterocycles. The van der Waals surface area contributed by atoms with Crippen LogP contribution in [0.4, 0.5) is 0 Å². The Balaban J connectivity index is 3.10. The first-order valence-corrected chi connectivity index (χ1v) is 8.04. The van der Waals surface area contributed by atoms with E-state index in [4.69, 9.17) is 10.5 Å². The van der Waals surface area contributed by atoms with Crippen LogP contribution < -0.4 is 15.2 Å². The van der Waals surface area contributed by atoms with Gasteiger partial charge in [-0.2, -0.15) is 0 Å². The van der Waals surface area contributed by atoms with E-state index < -0.39 is 10.0 Å². The molecule has 1 aromatic rings. The third-order valence-corrected chi connectivity index (χ3v) is 4.27. The maximum absolute atomic E-state index is 12.4. The first-order chi connectivity index (χ1) is 9.19. The summed E-state index contributed by atoms with van der Waals surface area (Å²) < 4.78 is 32.5. The average Bonchev–Trinajstić information content (AvgIpc) is 2.36. The second-order valence-electron chi connectivity index (χ2n) is 5.90. The SMILES string of the molecule is COc1ccc(S(=O)(=O)NCC(C)(C)C)c(CCN)c1. The number of methoxy groups -OCH3 is 1. The number of nitrogens with one attached hydrogen (secondary N) is 1. The van der Waals surface area contributed by atoms with Crippen molar-refractivity contribution in [3.05, 3.63) is 23.8 Å². The number of benzene rings is 1. The second kappa shape index (κ2) is 6.56. The van der Waals surface area contributed by atoms with Crippen molar-refractivity contribution in [3.8, 4) is 5.75 Å². The lowest BCUT2D eigenvalue weighted by molar-refractivity contribution is 0.407. The fraction of sp³-hybridized carbons (Fsp3) is 0.571. The lowest BCUT2D eigenvalue weighted by Gasteiger charge is -2.20. The Morgan fingerprint density at radius 2 is 1.95 bits per heavy atom. The van der Waals surface area contributed by atoms with Crippen molar-refractivity contribution in [2.24, 2.45) is 11.1 Å². The zero-order valence-electron chi connectivity index (χ0n) is 12.6. The van der Waals surface area contributed by atoms with Crippen LogP contribution in [0.1, 0.15) is 26.3 Å². The Labute approximate surface area is 121 Å². The van der Waals surface area contributed by atoms with Gasteiger partial charge >= 0.3 is 0 Å². The minimum Gasteiger partial charge on any atom is -0.497 e. The number of hydrogen-bond donors (Lipinski definition) is 2. The summed E-state index contributed by atoms with van der Waals surface area (Å²) >= 11 is 0. The average molecular weight is 300 g/mol. The lowest BCUT2D eigenvalue weighted by Crippen LogP contribution is -2.33. The maximum Gasteiger partial charge on any atom is 0.240 e. The second-order valence-corrected chi connectivity index (χ2v) is 7.63. The van der Waals surface area contributed by atoms with Gasteiger partial charge in [-0.15, -0.1) is 0 Å². The Kier molecular flexibility index (Phi) is 5.56. The molecule has 0 amide bonds. The molecule has 0 aliphatic heterocycles. The molecule has 0 saturated heterocycles. The van der Waals surface area contributed by atoms with Crippen LogP contribution >= 0.6 is 0 Å². The van der Waals surface area contributed by atoms with Crippen LogP contribution in [0, 0.1) is 5.41 Å². The van der Waals surface area contributed by atoms with E-state index >= 15 is 0 Å². The Hall–Kier alpha value is -1.11. The molecule has 5 nitrogen and oxygen atoms in total. The minimum atomic E-state index is -3.53. The topological polar surface area (TPSA) is 81.4 Å². The Morgan fingerprint density at radius 1 is 1.30 bits per heavy atom. The number of ether oxygens (including phenoxy) is 1. The van der Waals surface area contributed by atoms with Gasteiger partial charge in [-0.1, -0.05) is 20.8 Å². The predicted octanol–water partition coefficient (Wildman–Crippen LogP) is 1.52. The molecule has 0 spiro atoms. The molecule has 0 radical (unpaired) electrons. The van der Waals surface area contributed by atoms with E-state index in [0.29, 0.717) is 30.8 Å². The molecule has 114 valence electrons. The highest BCUT2D eigenvalue weighted by Crippen LogP contribution is 2.23. The highest BCUT2D eigenvalue weighted by Gasteiger charge is 2.21. The molecular weight excluding hydrogens is 276 g/mol. The quantitative estimate of drug-likeness (QED) is 0.834. The molecule has 0 bridgehead atoms. The zero-order valence-corrected chi connectivity index (χ0v) is 13.4. The van der Waals surface area contributed by atoms with Crippen LogP contribution in [-0.2, 0) is 16.4 Å². The highest BCUT2D eigenvalue weighted by atomic mass is 32.2. The van der Waals surface area contributed by atoms with Crippen LogP contribution in [0.25, 0.3) is 0 Å². The standard InChI is InChI=1S/C14H24N2O3S/c1-14(2,3)10-16-20(17,18)13-6-5-12(19-4)9-11(13)7-8-15/h5-6,9,16H,7-8,10,15H2,1-4H3. The van der Waals surface area contributed by atoms with Crippen LogP contribution in [-0.4, -0.2) is 28.6 Å². The van der Waals surface area contributed by atoms with Gasteiger partial charge in [0.05, 0.1) is 12.0 Å². The number of nitrogens with two attached hydrogens (primary N) is 1. The molecule has 3 N–H and O–H groups in total. The number of sulfonamides is 1. The zero-order chi connectivity index (χ0) is 15.4. The molecule has 0 saturated carbocycles. The van der Waals surface area contributed by atoms with E-state index in [2.05, 4.69) is 4.72 Å². The van der Waals surface area contributed by atoms with Gasteiger partial charge in [0.15, 0.2) is 0 Å². The van der Waals surface area contributed by atoms with Crippen LogP contribution in [0.2, 0.25) is 0 Å². The van der Waals surface area contributed by atoms with E-state index in [1.165, 1.54) is 0 Å². The van der Waals surface area contributed by atoms with Crippen molar-refractivity contribution >= 4 is 10.0 Å². The van der Waals surface area contributed by atoms with Gasteiger partial charge in [-0.05, 0) is 42.1 Å². The first kappa shape index (κ1) is 16.9. The first-order valence-electron chi connectivity index (χ1n) is 6.56. The number of hydrogen-bond acceptors (Lipinski definition) is 4. The molecule has 0 aliphatic rings. The third kappa shape index (κ3) is 4.77. The molecule has 0 aromatic heterocycles. The van der Waals surface area contributed by atoms with Crippen molar-refractivity contribution in [2.75, 3.05) is 20.2 Å². The minimum absolute atomic E-state index is 0.117. The highest BCUT2D eigenvalue weighted by molar-refractivity contribution is 7.89. The van der Waals surface area contributed by atoms with Gasteiger partial charge in [0, 0.05) is 6.54 Å². The van der Waals surface area contributed by atoms with Crippen molar-refractivity contribution in [3.63, 3.8) is 0 Å².